The normalized spacial score (nSPS) is 12.0. The average molecular weight is 196 g/mol. The van der Waals surface area contributed by atoms with Gasteiger partial charge in [-0.1, -0.05) is 38.9 Å². The maximum atomic E-state index is 4.23. The van der Waals surface area contributed by atoms with Gasteiger partial charge in [0, 0.05) is 18.6 Å². The van der Waals surface area contributed by atoms with Crippen molar-refractivity contribution in [2.45, 2.75) is 38.9 Å². The second-order valence-corrected chi connectivity index (χ2v) is 8.93. The average Bonchev–Trinajstić information content (AvgIpc) is 2.57. The Bertz CT molecular complexity index is 255. The Labute approximate surface area is 82.0 Å². The molecule has 0 aliphatic rings. The number of hydrogen-bond acceptors (Lipinski definition) is 1. The highest BCUT2D eigenvalue weighted by Gasteiger charge is 2.31. The molecule has 0 aliphatic carbocycles. The summed E-state index contributed by atoms with van der Waals surface area (Å²) in [5.41, 5.74) is 0. The van der Waals surface area contributed by atoms with E-state index in [1.807, 2.05) is 6.33 Å². The molecule has 0 saturated carbocycles. The van der Waals surface area contributed by atoms with Crippen LogP contribution >= 0.6 is 0 Å². The standard InChI is InChI=1S/C10H20N2Si/c1-5-13(6-2,7-3)10-8-11-9-12(10)4/h8-9H,5-7H2,1-4H3. The van der Waals surface area contributed by atoms with Crippen molar-refractivity contribution < 1.29 is 0 Å². The van der Waals surface area contributed by atoms with Gasteiger partial charge in [0.25, 0.3) is 0 Å². The highest BCUT2D eigenvalue weighted by Crippen LogP contribution is 2.19. The third kappa shape index (κ3) is 1.70. The first-order valence-electron chi connectivity index (χ1n) is 5.17. The second-order valence-electron chi connectivity index (χ2n) is 3.73. The Kier molecular flexibility index (Phi) is 3.31. The van der Waals surface area contributed by atoms with Crippen LogP contribution in [0.1, 0.15) is 20.8 Å². The molecule has 0 radical (unpaired) electrons. The van der Waals surface area contributed by atoms with E-state index >= 15 is 0 Å². The molecule has 0 bridgehead atoms. The van der Waals surface area contributed by atoms with Crippen molar-refractivity contribution in [3.63, 3.8) is 0 Å². The molecule has 0 aromatic carbocycles. The molecule has 74 valence electrons. The zero-order valence-corrected chi connectivity index (χ0v) is 10.2. The number of imidazole rings is 1. The van der Waals surface area contributed by atoms with E-state index in [2.05, 4.69) is 43.6 Å². The summed E-state index contributed by atoms with van der Waals surface area (Å²) in [5, 5.41) is 1.51. The van der Waals surface area contributed by atoms with Crippen molar-refractivity contribution in [3.8, 4) is 0 Å². The number of nitrogens with zero attached hydrogens (tertiary/aromatic N) is 2. The molecule has 1 rings (SSSR count). The molecule has 0 amide bonds. The van der Waals surface area contributed by atoms with Gasteiger partial charge in [0.15, 0.2) is 0 Å². The molecule has 1 aromatic rings. The summed E-state index contributed by atoms with van der Waals surface area (Å²) in [7, 11) is 0.931. The lowest BCUT2D eigenvalue weighted by Crippen LogP contribution is -2.48. The number of aryl methyl sites for hydroxylation is 1. The first-order chi connectivity index (χ1) is 6.20. The lowest BCUT2D eigenvalue weighted by Gasteiger charge is -2.27. The van der Waals surface area contributed by atoms with Crippen molar-refractivity contribution in [2.75, 3.05) is 0 Å². The van der Waals surface area contributed by atoms with Crippen LogP contribution in [-0.4, -0.2) is 17.6 Å². The number of aromatic nitrogens is 2. The van der Waals surface area contributed by atoms with E-state index in [9.17, 15) is 0 Å². The zero-order valence-electron chi connectivity index (χ0n) is 9.17. The summed E-state index contributed by atoms with van der Waals surface area (Å²) in [5.74, 6) is 0. The van der Waals surface area contributed by atoms with Gasteiger partial charge in [0.2, 0.25) is 0 Å². The summed E-state index contributed by atoms with van der Waals surface area (Å²) in [6.45, 7) is 6.98. The quantitative estimate of drug-likeness (QED) is 0.675. The maximum absolute atomic E-state index is 4.23. The van der Waals surface area contributed by atoms with E-state index in [4.69, 9.17) is 0 Å². The van der Waals surface area contributed by atoms with Crippen LogP contribution in [0, 0.1) is 0 Å². The molecule has 0 aliphatic heterocycles. The van der Waals surface area contributed by atoms with Gasteiger partial charge in [-0.2, -0.15) is 0 Å². The summed E-state index contributed by atoms with van der Waals surface area (Å²) in [6, 6.07) is 4.00. The summed E-state index contributed by atoms with van der Waals surface area (Å²) >= 11 is 0. The van der Waals surface area contributed by atoms with Crippen molar-refractivity contribution >= 4 is 13.4 Å². The Hall–Kier alpha value is -0.573. The summed E-state index contributed by atoms with van der Waals surface area (Å²) in [6.07, 6.45) is 4.00. The van der Waals surface area contributed by atoms with E-state index in [1.54, 1.807) is 0 Å². The molecule has 1 heterocycles. The van der Waals surface area contributed by atoms with Crippen LogP contribution in [0.15, 0.2) is 12.5 Å². The molecule has 13 heavy (non-hydrogen) atoms. The molecule has 0 spiro atoms. The smallest absolute Gasteiger partial charge is 0.109 e. The second kappa shape index (κ2) is 4.09. The molecule has 0 atom stereocenters. The molecular weight excluding hydrogens is 176 g/mol. The van der Waals surface area contributed by atoms with Crippen LogP contribution in [0.2, 0.25) is 18.1 Å². The Morgan fingerprint density at radius 3 is 2.08 bits per heavy atom. The van der Waals surface area contributed by atoms with Gasteiger partial charge in [0.1, 0.15) is 8.07 Å². The van der Waals surface area contributed by atoms with Crippen LogP contribution < -0.4 is 5.32 Å². The fourth-order valence-corrected chi connectivity index (χ4v) is 5.90. The highest BCUT2D eigenvalue weighted by molar-refractivity contribution is 6.91. The Balaban J connectivity index is 3.07. The molecular formula is C10H20N2Si. The maximum Gasteiger partial charge on any atom is 0.109 e. The van der Waals surface area contributed by atoms with Gasteiger partial charge in [-0.25, -0.2) is 4.98 Å². The highest BCUT2D eigenvalue weighted by atomic mass is 28.3. The minimum Gasteiger partial charge on any atom is -0.342 e. The van der Waals surface area contributed by atoms with Crippen molar-refractivity contribution in [1.29, 1.82) is 0 Å². The lowest BCUT2D eigenvalue weighted by atomic mass is 10.9. The molecule has 2 nitrogen and oxygen atoms in total. The third-order valence-corrected chi connectivity index (χ3v) is 9.02. The lowest BCUT2D eigenvalue weighted by molar-refractivity contribution is 0.927. The number of hydrogen-bond donors (Lipinski definition) is 0. The van der Waals surface area contributed by atoms with Crippen LogP contribution in [-0.2, 0) is 7.05 Å². The molecule has 1 aromatic heterocycles. The molecule has 0 unspecified atom stereocenters. The van der Waals surface area contributed by atoms with Gasteiger partial charge >= 0.3 is 0 Å². The van der Waals surface area contributed by atoms with Gasteiger partial charge in [-0.05, 0) is 0 Å². The first kappa shape index (κ1) is 10.5. The van der Waals surface area contributed by atoms with E-state index in [-0.39, 0.29) is 0 Å². The molecule has 3 heteroatoms. The van der Waals surface area contributed by atoms with Crippen LogP contribution in [0.4, 0.5) is 0 Å². The predicted molar refractivity (Wildman–Crippen MR) is 60.0 cm³/mol. The summed E-state index contributed by atoms with van der Waals surface area (Å²) < 4.78 is 2.21. The Morgan fingerprint density at radius 1 is 1.23 bits per heavy atom. The minimum atomic E-state index is -1.19. The Morgan fingerprint density at radius 2 is 1.77 bits per heavy atom. The van der Waals surface area contributed by atoms with Gasteiger partial charge < -0.3 is 4.57 Å². The van der Waals surface area contributed by atoms with Crippen molar-refractivity contribution in [1.82, 2.24) is 9.55 Å². The molecule has 0 fully saturated rings. The zero-order chi connectivity index (χ0) is 9.90. The van der Waals surface area contributed by atoms with E-state index in [0.29, 0.717) is 0 Å². The van der Waals surface area contributed by atoms with Crippen molar-refractivity contribution in [2.24, 2.45) is 7.05 Å². The largest absolute Gasteiger partial charge is 0.342 e. The van der Waals surface area contributed by atoms with Gasteiger partial charge in [-0.15, -0.1) is 0 Å². The van der Waals surface area contributed by atoms with Gasteiger partial charge in [-0.3, -0.25) is 0 Å². The van der Waals surface area contributed by atoms with Crippen LogP contribution in [0.25, 0.3) is 0 Å². The fraction of sp³-hybridized carbons (Fsp3) is 0.700. The topological polar surface area (TPSA) is 17.8 Å². The van der Waals surface area contributed by atoms with E-state index < -0.39 is 8.07 Å². The first-order valence-corrected chi connectivity index (χ1v) is 7.79. The monoisotopic (exact) mass is 196 g/mol. The van der Waals surface area contributed by atoms with Gasteiger partial charge in [0.05, 0.1) is 6.33 Å². The van der Waals surface area contributed by atoms with Crippen LogP contribution in [0.5, 0.6) is 0 Å². The van der Waals surface area contributed by atoms with Crippen LogP contribution in [0.3, 0.4) is 0 Å². The summed E-state index contributed by atoms with van der Waals surface area (Å²) in [4.78, 5) is 4.23. The fourth-order valence-electron chi connectivity index (χ4n) is 2.16. The number of rotatable bonds is 4. The molecule has 0 N–H and O–H groups in total. The predicted octanol–water partition coefficient (Wildman–Crippen LogP) is 2.14. The molecule has 0 saturated heterocycles. The third-order valence-electron chi connectivity index (χ3n) is 3.39. The SMILES string of the molecule is CC[Si](CC)(CC)c1cncn1C. The minimum absolute atomic E-state index is 1.19. The van der Waals surface area contributed by atoms with Crippen molar-refractivity contribution in [3.05, 3.63) is 12.5 Å². The van der Waals surface area contributed by atoms with E-state index in [1.165, 1.54) is 23.4 Å². The van der Waals surface area contributed by atoms with E-state index in [0.717, 1.165) is 0 Å².